The van der Waals surface area contributed by atoms with Crippen LogP contribution in [0, 0.1) is 11.8 Å². The molecule has 1 aliphatic carbocycles. The summed E-state index contributed by atoms with van der Waals surface area (Å²) in [5.41, 5.74) is 5.52. The molecule has 0 bridgehead atoms. The summed E-state index contributed by atoms with van der Waals surface area (Å²) in [5, 5.41) is 0. The second-order valence-electron chi connectivity index (χ2n) is 6.14. The van der Waals surface area contributed by atoms with Gasteiger partial charge in [0.15, 0.2) is 0 Å². The molecule has 1 saturated heterocycles. The number of carbonyl (C=O) groups excluding carboxylic acids is 1. The Hall–Kier alpha value is -0.480. The fraction of sp³-hybridized carbons (Fsp3) is 0.917. The first kappa shape index (κ1) is 14.6. The van der Waals surface area contributed by atoms with Gasteiger partial charge >= 0.3 is 6.09 Å². The van der Waals surface area contributed by atoms with E-state index in [0.717, 1.165) is 25.9 Å². The molecule has 1 aliphatic heterocycles. The highest BCUT2D eigenvalue weighted by Gasteiger charge is 2.42. The summed E-state index contributed by atoms with van der Waals surface area (Å²) >= 11 is 0. The van der Waals surface area contributed by atoms with E-state index in [1.807, 2.05) is 25.7 Å². The molecule has 2 fully saturated rings. The van der Waals surface area contributed by atoms with Crippen molar-refractivity contribution in [1.82, 2.24) is 4.90 Å². The van der Waals surface area contributed by atoms with Crippen molar-refractivity contribution in [2.45, 2.75) is 45.3 Å². The van der Waals surface area contributed by atoms with E-state index in [1.165, 1.54) is 0 Å². The van der Waals surface area contributed by atoms with Crippen molar-refractivity contribution in [2.24, 2.45) is 17.6 Å². The van der Waals surface area contributed by atoms with E-state index in [-0.39, 0.29) is 18.5 Å². The van der Waals surface area contributed by atoms with Crippen LogP contribution in [-0.2, 0) is 4.74 Å². The third-order valence-corrected chi connectivity index (χ3v) is 3.44. The smallest absolute Gasteiger partial charge is 0.410 e. The van der Waals surface area contributed by atoms with E-state index in [1.54, 1.807) is 0 Å². The molecule has 0 aromatic rings. The lowest BCUT2D eigenvalue weighted by Crippen LogP contribution is -2.36. The Morgan fingerprint density at radius 2 is 1.71 bits per heavy atom. The first-order valence-corrected chi connectivity index (χ1v) is 6.08. The maximum Gasteiger partial charge on any atom is 0.410 e. The van der Waals surface area contributed by atoms with Crippen LogP contribution in [-0.4, -0.2) is 35.7 Å². The fourth-order valence-electron chi connectivity index (χ4n) is 2.82. The van der Waals surface area contributed by atoms with E-state index in [4.69, 9.17) is 10.5 Å². The van der Waals surface area contributed by atoms with Crippen molar-refractivity contribution in [3.8, 4) is 0 Å². The molecule has 0 spiro atoms. The van der Waals surface area contributed by atoms with E-state index in [9.17, 15) is 4.79 Å². The number of amides is 1. The lowest BCUT2D eigenvalue weighted by atomic mass is 10.0. The summed E-state index contributed by atoms with van der Waals surface area (Å²) in [4.78, 5) is 13.7. The summed E-state index contributed by atoms with van der Waals surface area (Å²) in [6, 6.07) is 0.343. The van der Waals surface area contributed by atoms with Crippen LogP contribution < -0.4 is 5.73 Å². The molecule has 100 valence electrons. The van der Waals surface area contributed by atoms with Gasteiger partial charge in [0.1, 0.15) is 5.60 Å². The Balaban J connectivity index is 0.00000144. The molecule has 4 nitrogen and oxygen atoms in total. The maximum atomic E-state index is 11.8. The molecule has 1 saturated carbocycles. The van der Waals surface area contributed by atoms with Crippen molar-refractivity contribution in [3.05, 3.63) is 0 Å². The number of hydrogen-bond donors (Lipinski definition) is 1. The lowest BCUT2D eigenvalue weighted by Gasteiger charge is -2.25. The largest absolute Gasteiger partial charge is 0.444 e. The Morgan fingerprint density at radius 3 is 2.12 bits per heavy atom. The van der Waals surface area contributed by atoms with Gasteiger partial charge in [-0.1, -0.05) is 0 Å². The minimum atomic E-state index is -0.398. The predicted molar refractivity (Wildman–Crippen MR) is 69.2 cm³/mol. The van der Waals surface area contributed by atoms with Crippen molar-refractivity contribution >= 4 is 18.5 Å². The zero-order valence-corrected chi connectivity index (χ0v) is 11.6. The molecule has 0 unspecified atom stereocenters. The summed E-state index contributed by atoms with van der Waals surface area (Å²) in [5.74, 6) is 1.20. The minimum Gasteiger partial charge on any atom is -0.444 e. The van der Waals surface area contributed by atoms with E-state index in [2.05, 4.69) is 0 Å². The molecule has 2 atom stereocenters. The number of hydrogen-bond acceptors (Lipinski definition) is 3. The second-order valence-corrected chi connectivity index (χ2v) is 6.14. The van der Waals surface area contributed by atoms with Crippen LogP contribution in [0.4, 0.5) is 4.79 Å². The second kappa shape index (κ2) is 5.02. The standard InChI is InChI=1S/C12H22N2O2.ClH/c1-12(2,3)16-11(15)14-6-8-4-10(13)5-9(8)7-14;/h8-10H,4-7,13H2,1-3H3;1H/t8-,9-;/m1./s1. The topological polar surface area (TPSA) is 55.6 Å². The van der Waals surface area contributed by atoms with Crippen LogP contribution in [0.5, 0.6) is 0 Å². The fourth-order valence-corrected chi connectivity index (χ4v) is 2.82. The Kier molecular flexibility index (Phi) is 4.31. The van der Waals surface area contributed by atoms with E-state index >= 15 is 0 Å². The monoisotopic (exact) mass is 262 g/mol. The zero-order chi connectivity index (χ0) is 11.9. The summed E-state index contributed by atoms with van der Waals surface area (Å²) in [6.07, 6.45) is 1.95. The number of fused-ring (bicyclic) bond motifs is 1. The van der Waals surface area contributed by atoms with Crippen LogP contribution in [0.15, 0.2) is 0 Å². The molecule has 0 aromatic carbocycles. The highest BCUT2D eigenvalue weighted by Crippen LogP contribution is 2.37. The Morgan fingerprint density at radius 1 is 1.24 bits per heavy atom. The van der Waals surface area contributed by atoms with Crippen LogP contribution in [0.25, 0.3) is 0 Å². The molecule has 1 amide bonds. The molecular formula is C12H23ClN2O2. The molecule has 0 aromatic heterocycles. The average Bonchev–Trinajstić information content (AvgIpc) is 2.56. The quantitative estimate of drug-likeness (QED) is 0.727. The third kappa shape index (κ3) is 3.49. The van der Waals surface area contributed by atoms with Gasteiger partial charge in [-0.2, -0.15) is 0 Å². The first-order chi connectivity index (χ1) is 7.35. The molecule has 0 radical (unpaired) electrons. The van der Waals surface area contributed by atoms with Crippen molar-refractivity contribution in [3.63, 3.8) is 0 Å². The molecular weight excluding hydrogens is 240 g/mol. The summed E-state index contributed by atoms with van der Waals surface area (Å²) in [7, 11) is 0. The van der Waals surface area contributed by atoms with Gasteiger partial charge in [-0.05, 0) is 45.4 Å². The number of ether oxygens (including phenoxy) is 1. The molecule has 2 N–H and O–H groups in total. The molecule has 5 heteroatoms. The van der Waals surface area contributed by atoms with Crippen LogP contribution in [0.2, 0.25) is 0 Å². The van der Waals surface area contributed by atoms with Gasteiger partial charge in [-0.25, -0.2) is 4.79 Å². The predicted octanol–water partition coefficient (Wildman–Crippen LogP) is 2.01. The van der Waals surface area contributed by atoms with Crippen molar-refractivity contribution in [1.29, 1.82) is 0 Å². The molecule has 1 heterocycles. The SMILES string of the molecule is CC(C)(C)OC(=O)N1C[C@H]2CC(N)C[C@@H]2C1.Cl. The lowest BCUT2D eigenvalue weighted by molar-refractivity contribution is 0.0279. The van der Waals surface area contributed by atoms with Crippen molar-refractivity contribution < 1.29 is 9.53 Å². The zero-order valence-electron chi connectivity index (χ0n) is 10.8. The van der Waals surface area contributed by atoms with E-state index in [0.29, 0.717) is 17.9 Å². The molecule has 17 heavy (non-hydrogen) atoms. The van der Waals surface area contributed by atoms with Gasteiger partial charge in [0, 0.05) is 19.1 Å². The average molecular weight is 263 g/mol. The van der Waals surface area contributed by atoms with Gasteiger partial charge in [0.05, 0.1) is 0 Å². The third-order valence-electron chi connectivity index (χ3n) is 3.44. The number of rotatable bonds is 0. The first-order valence-electron chi connectivity index (χ1n) is 6.08. The van der Waals surface area contributed by atoms with E-state index < -0.39 is 5.60 Å². The van der Waals surface area contributed by atoms with Crippen LogP contribution in [0.1, 0.15) is 33.6 Å². The Bertz CT molecular complexity index is 277. The highest BCUT2D eigenvalue weighted by atomic mass is 35.5. The van der Waals surface area contributed by atoms with Gasteiger partial charge in [-0.3, -0.25) is 0 Å². The number of nitrogens with two attached hydrogens (primary N) is 1. The number of nitrogens with zero attached hydrogens (tertiary/aromatic N) is 1. The number of likely N-dealkylation sites (tertiary alicyclic amines) is 1. The minimum absolute atomic E-state index is 0. The highest BCUT2D eigenvalue weighted by molar-refractivity contribution is 5.85. The Labute approximate surface area is 109 Å². The maximum absolute atomic E-state index is 11.8. The number of halogens is 1. The van der Waals surface area contributed by atoms with Gasteiger partial charge in [0.2, 0.25) is 0 Å². The van der Waals surface area contributed by atoms with Crippen LogP contribution >= 0.6 is 12.4 Å². The van der Waals surface area contributed by atoms with Gasteiger partial charge in [0.25, 0.3) is 0 Å². The summed E-state index contributed by atoms with van der Waals surface area (Å²) in [6.45, 7) is 7.35. The normalized spacial score (nSPS) is 28.8. The van der Waals surface area contributed by atoms with Crippen molar-refractivity contribution in [2.75, 3.05) is 13.1 Å². The number of carbonyl (C=O) groups is 1. The summed E-state index contributed by atoms with van der Waals surface area (Å²) < 4.78 is 5.37. The van der Waals surface area contributed by atoms with Gasteiger partial charge < -0.3 is 15.4 Å². The van der Waals surface area contributed by atoms with Crippen LogP contribution in [0.3, 0.4) is 0 Å². The van der Waals surface area contributed by atoms with Gasteiger partial charge in [-0.15, -0.1) is 12.4 Å². The molecule has 2 aliphatic rings. The molecule has 2 rings (SSSR count).